The molecular formula is C9H10ClN3O2S. The molecule has 0 aliphatic carbocycles. The van der Waals surface area contributed by atoms with Crippen LogP contribution in [-0.2, 0) is 10.0 Å². The quantitative estimate of drug-likeness (QED) is 0.840. The molecule has 7 heteroatoms. The number of nitrogens with two attached hydrogens (primary N) is 1. The Labute approximate surface area is 98.9 Å². The second-order valence-corrected chi connectivity index (χ2v) is 5.27. The molecule has 0 radical (unpaired) electrons. The van der Waals surface area contributed by atoms with Crippen LogP contribution in [0.1, 0.15) is 5.56 Å². The van der Waals surface area contributed by atoms with E-state index in [1.54, 1.807) is 0 Å². The lowest BCUT2D eigenvalue weighted by Crippen LogP contribution is -2.22. The van der Waals surface area contributed by atoms with Gasteiger partial charge < -0.3 is 5.73 Å². The smallest absolute Gasteiger partial charge is 0.233 e. The van der Waals surface area contributed by atoms with Crippen LogP contribution in [0, 0.1) is 11.3 Å². The van der Waals surface area contributed by atoms with Gasteiger partial charge in [0.15, 0.2) is 0 Å². The summed E-state index contributed by atoms with van der Waals surface area (Å²) in [7, 11) is -3.44. The molecule has 3 N–H and O–H groups in total. The number of rotatable bonds is 4. The number of nitrogens with zero attached hydrogens (tertiary/aromatic N) is 1. The number of nitriles is 1. The van der Waals surface area contributed by atoms with Crippen LogP contribution < -0.4 is 10.5 Å². The van der Waals surface area contributed by atoms with Crippen LogP contribution in [0.3, 0.4) is 0 Å². The predicted molar refractivity (Wildman–Crippen MR) is 62.6 cm³/mol. The summed E-state index contributed by atoms with van der Waals surface area (Å²) in [5.41, 5.74) is 5.77. The lowest BCUT2D eigenvalue weighted by molar-refractivity contribution is 0.601. The Morgan fingerprint density at radius 2 is 2.19 bits per heavy atom. The Hall–Kier alpha value is -1.29. The summed E-state index contributed by atoms with van der Waals surface area (Å²) in [4.78, 5) is 0. The Morgan fingerprint density at radius 3 is 2.69 bits per heavy atom. The zero-order valence-corrected chi connectivity index (χ0v) is 9.85. The van der Waals surface area contributed by atoms with E-state index in [0.29, 0.717) is 11.3 Å². The van der Waals surface area contributed by atoms with Gasteiger partial charge in [-0.05, 0) is 18.2 Å². The second kappa shape index (κ2) is 5.16. The lowest BCUT2D eigenvalue weighted by Gasteiger charge is -2.07. The molecule has 0 unspecified atom stereocenters. The molecule has 0 aromatic heterocycles. The van der Waals surface area contributed by atoms with E-state index in [0.717, 1.165) is 0 Å². The Morgan fingerprint density at radius 1 is 1.50 bits per heavy atom. The number of anilines is 1. The Balaban J connectivity index is 2.93. The molecular weight excluding hydrogens is 250 g/mol. The van der Waals surface area contributed by atoms with E-state index in [2.05, 4.69) is 4.72 Å². The van der Waals surface area contributed by atoms with Gasteiger partial charge in [0.05, 0.1) is 22.0 Å². The van der Waals surface area contributed by atoms with E-state index < -0.39 is 10.0 Å². The zero-order valence-electron chi connectivity index (χ0n) is 8.27. The molecule has 0 bridgehead atoms. The molecule has 0 fully saturated rings. The summed E-state index contributed by atoms with van der Waals surface area (Å²) in [6.07, 6.45) is 0. The van der Waals surface area contributed by atoms with Crippen LogP contribution in [0.15, 0.2) is 18.2 Å². The molecule has 86 valence electrons. The average molecular weight is 260 g/mol. The first-order chi connectivity index (χ1) is 7.48. The van der Waals surface area contributed by atoms with Crippen molar-refractivity contribution in [1.29, 1.82) is 5.26 Å². The van der Waals surface area contributed by atoms with Crippen molar-refractivity contribution in [3.63, 3.8) is 0 Å². The first-order valence-corrected chi connectivity index (χ1v) is 6.42. The summed E-state index contributed by atoms with van der Waals surface area (Å²) in [5, 5.41) is 8.84. The summed E-state index contributed by atoms with van der Waals surface area (Å²) in [6, 6.07) is 6.18. The normalized spacial score (nSPS) is 10.8. The van der Waals surface area contributed by atoms with Gasteiger partial charge in [0, 0.05) is 6.54 Å². The van der Waals surface area contributed by atoms with Crippen molar-refractivity contribution in [1.82, 2.24) is 0 Å². The highest BCUT2D eigenvalue weighted by molar-refractivity contribution is 7.92. The van der Waals surface area contributed by atoms with Gasteiger partial charge >= 0.3 is 0 Å². The Kier molecular flexibility index (Phi) is 4.12. The average Bonchev–Trinajstić information content (AvgIpc) is 2.17. The van der Waals surface area contributed by atoms with E-state index in [1.807, 2.05) is 6.07 Å². The number of sulfonamides is 1. The third-order valence-corrected chi connectivity index (χ3v) is 3.38. The molecule has 16 heavy (non-hydrogen) atoms. The van der Waals surface area contributed by atoms with Crippen molar-refractivity contribution in [3.8, 4) is 6.07 Å². The van der Waals surface area contributed by atoms with E-state index in [-0.39, 0.29) is 17.3 Å². The number of halogens is 1. The number of hydrogen-bond donors (Lipinski definition) is 2. The van der Waals surface area contributed by atoms with E-state index >= 15 is 0 Å². The van der Waals surface area contributed by atoms with E-state index in [9.17, 15) is 8.42 Å². The fourth-order valence-electron chi connectivity index (χ4n) is 1.06. The monoisotopic (exact) mass is 259 g/mol. The molecule has 5 nitrogen and oxygen atoms in total. The molecule has 0 aliphatic rings. The van der Waals surface area contributed by atoms with Gasteiger partial charge in [0.2, 0.25) is 10.0 Å². The summed E-state index contributed by atoms with van der Waals surface area (Å²) < 4.78 is 25.0. The highest BCUT2D eigenvalue weighted by Crippen LogP contribution is 2.20. The minimum absolute atomic E-state index is 0.0410. The number of benzene rings is 1. The van der Waals surface area contributed by atoms with E-state index in [1.165, 1.54) is 18.2 Å². The molecule has 1 aromatic carbocycles. The minimum Gasteiger partial charge on any atom is -0.329 e. The summed E-state index contributed by atoms with van der Waals surface area (Å²) >= 11 is 5.75. The molecule has 0 amide bonds. The first-order valence-electron chi connectivity index (χ1n) is 4.39. The third kappa shape index (κ3) is 3.38. The van der Waals surface area contributed by atoms with Crippen molar-refractivity contribution >= 4 is 27.3 Å². The minimum atomic E-state index is -3.44. The maximum absolute atomic E-state index is 11.4. The van der Waals surface area contributed by atoms with Crippen LogP contribution in [0.5, 0.6) is 0 Å². The number of hydrogen-bond acceptors (Lipinski definition) is 4. The molecule has 0 saturated heterocycles. The highest BCUT2D eigenvalue weighted by atomic mass is 35.5. The van der Waals surface area contributed by atoms with Gasteiger partial charge in [-0.25, -0.2) is 8.42 Å². The first kappa shape index (κ1) is 12.8. The number of nitrogens with one attached hydrogen (secondary N) is 1. The molecule has 0 spiro atoms. The van der Waals surface area contributed by atoms with Crippen molar-refractivity contribution in [2.24, 2.45) is 5.73 Å². The summed E-state index contributed by atoms with van der Waals surface area (Å²) in [5.74, 6) is -0.162. The van der Waals surface area contributed by atoms with Crippen LogP contribution in [0.4, 0.5) is 5.69 Å². The van der Waals surface area contributed by atoms with Gasteiger partial charge in [0.1, 0.15) is 6.07 Å². The van der Waals surface area contributed by atoms with Gasteiger partial charge in [-0.15, -0.1) is 0 Å². The lowest BCUT2D eigenvalue weighted by atomic mass is 10.2. The van der Waals surface area contributed by atoms with Crippen LogP contribution in [0.25, 0.3) is 0 Å². The van der Waals surface area contributed by atoms with Gasteiger partial charge in [-0.3, -0.25) is 4.72 Å². The molecule has 0 atom stereocenters. The van der Waals surface area contributed by atoms with Crippen LogP contribution in [-0.4, -0.2) is 20.7 Å². The van der Waals surface area contributed by atoms with E-state index in [4.69, 9.17) is 22.6 Å². The van der Waals surface area contributed by atoms with Gasteiger partial charge in [0.25, 0.3) is 0 Å². The molecule has 1 rings (SSSR count). The fourth-order valence-corrected chi connectivity index (χ4v) is 2.18. The fraction of sp³-hybridized carbons (Fsp3) is 0.222. The Bertz CT molecular complexity index is 522. The topological polar surface area (TPSA) is 96.0 Å². The molecule has 0 saturated carbocycles. The third-order valence-electron chi connectivity index (χ3n) is 1.75. The second-order valence-electron chi connectivity index (χ2n) is 3.02. The maximum atomic E-state index is 11.4. The largest absolute Gasteiger partial charge is 0.329 e. The maximum Gasteiger partial charge on any atom is 0.233 e. The van der Waals surface area contributed by atoms with Crippen molar-refractivity contribution in [3.05, 3.63) is 28.8 Å². The molecule has 1 aromatic rings. The standard InChI is InChI=1S/C9H10ClN3O2S/c10-9-5-8(2-1-7(9)6-12)13-16(14,15)4-3-11/h1-2,5,13H,3-4,11H2. The SMILES string of the molecule is N#Cc1ccc(NS(=O)(=O)CCN)cc1Cl. The summed E-state index contributed by atoms with van der Waals surface area (Å²) in [6.45, 7) is 0.0410. The zero-order chi connectivity index (χ0) is 12.2. The van der Waals surface area contributed by atoms with Crippen molar-refractivity contribution in [2.45, 2.75) is 0 Å². The molecule has 0 heterocycles. The van der Waals surface area contributed by atoms with Crippen molar-refractivity contribution in [2.75, 3.05) is 17.0 Å². The van der Waals surface area contributed by atoms with Crippen LogP contribution >= 0.6 is 11.6 Å². The molecule has 0 aliphatic heterocycles. The van der Waals surface area contributed by atoms with Crippen LogP contribution in [0.2, 0.25) is 5.02 Å². The highest BCUT2D eigenvalue weighted by Gasteiger charge is 2.09. The van der Waals surface area contributed by atoms with Gasteiger partial charge in [-0.1, -0.05) is 11.6 Å². The van der Waals surface area contributed by atoms with Crippen molar-refractivity contribution < 1.29 is 8.42 Å². The predicted octanol–water partition coefficient (Wildman–Crippen LogP) is 0.912. The van der Waals surface area contributed by atoms with Gasteiger partial charge in [-0.2, -0.15) is 5.26 Å².